The van der Waals surface area contributed by atoms with Crippen LogP contribution in [0.3, 0.4) is 0 Å². The number of hydrogen-bond acceptors (Lipinski definition) is 10. The minimum absolute atomic E-state index is 0.0296. The Bertz CT molecular complexity index is 2520. The SMILES string of the molecule is C=C1CCC(N2C(=O)c3ccc(N4CCN(CCCO[C@H]5C[C@H](Oc6ccc(CN7C(=O)/C(=C\C=C\c8ccc([N+](=O)[O-])cc8)c8ccccc87)cc6)C5)CC4)cc3C2=O)C(=O)N1. The first kappa shape index (κ1) is 41.5. The molecule has 4 aromatic rings. The summed E-state index contributed by atoms with van der Waals surface area (Å²) in [5.74, 6) is -0.503. The fraction of sp³-hybridized carbons (Fsp3) is 0.306. The molecule has 1 unspecified atom stereocenters. The summed E-state index contributed by atoms with van der Waals surface area (Å²) in [7, 11) is 0. The Morgan fingerprint density at radius 1 is 0.825 bits per heavy atom. The summed E-state index contributed by atoms with van der Waals surface area (Å²) in [5, 5.41) is 13.6. The van der Waals surface area contributed by atoms with E-state index < -0.39 is 22.8 Å². The van der Waals surface area contributed by atoms with Crippen LogP contribution in [-0.2, 0) is 20.9 Å². The monoisotopic (exact) mass is 848 g/mol. The van der Waals surface area contributed by atoms with E-state index in [-0.39, 0.29) is 29.7 Å². The Labute approximate surface area is 365 Å². The number of anilines is 2. The zero-order valence-electron chi connectivity index (χ0n) is 34.8. The fourth-order valence-electron chi connectivity index (χ4n) is 8.89. The molecule has 9 rings (SSSR count). The molecule has 4 heterocycles. The van der Waals surface area contributed by atoms with Gasteiger partial charge in [0.2, 0.25) is 5.91 Å². The molecule has 0 radical (unpaired) electrons. The second-order valence-electron chi connectivity index (χ2n) is 16.6. The van der Waals surface area contributed by atoms with Crippen molar-refractivity contribution in [3.05, 3.63) is 153 Å². The molecule has 1 aliphatic carbocycles. The third-order valence-corrected chi connectivity index (χ3v) is 12.5. The molecule has 14 nitrogen and oxygen atoms in total. The van der Waals surface area contributed by atoms with Crippen molar-refractivity contribution in [3.63, 3.8) is 0 Å². The van der Waals surface area contributed by atoms with E-state index in [1.165, 1.54) is 12.1 Å². The van der Waals surface area contributed by atoms with Crippen LogP contribution >= 0.6 is 0 Å². The third-order valence-electron chi connectivity index (χ3n) is 12.5. The van der Waals surface area contributed by atoms with Crippen molar-refractivity contribution in [2.24, 2.45) is 0 Å². The van der Waals surface area contributed by atoms with Crippen LogP contribution in [0, 0.1) is 10.1 Å². The van der Waals surface area contributed by atoms with Gasteiger partial charge >= 0.3 is 0 Å². The smallest absolute Gasteiger partial charge is 0.269 e. The number of hydrogen-bond donors (Lipinski definition) is 1. The molecule has 63 heavy (non-hydrogen) atoms. The summed E-state index contributed by atoms with van der Waals surface area (Å²) in [6.45, 7) is 9.19. The number of nitro groups is 1. The Morgan fingerprint density at radius 3 is 2.32 bits per heavy atom. The number of amides is 4. The predicted molar refractivity (Wildman–Crippen MR) is 238 cm³/mol. The molecule has 3 fully saturated rings. The standard InChI is InChI=1S/C49H48N6O8/c1-32-10-21-45(46(56)50-32)54-48(58)42-20-17-36(28-43(42)49(54)59)52-25-23-51(24-26-52)22-5-27-62-38-29-39(30-38)63-37-18-13-34(14-19-37)31-53-44-9-3-2-7-40(44)41(47(53)57)8-4-6-33-11-15-35(16-12-33)55(60)61/h2-4,6-9,11-20,28,38-39,45H,1,5,10,21-27,29-31H2,(H,50,56)/b6-4+,41-8-/t38-,39-,45?. The summed E-state index contributed by atoms with van der Waals surface area (Å²) in [6, 6.07) is 26.5. The van der Waals surface area contributed by atoms with Crippen LogP contribution in [0.2, 0.25) is 0 Å². The topological polar surface area (TPSA) is 155 Å². The first-order chi connectivity index (χ1) is 30.6. The van der Waals surface area contributed by atoms with E-state index in [0.29, 0.717) is 48.4 Å². The highest BCUT2D eigenvalue weighted by Crippen LogP contribution is 2.38. The van der Waals surface area contributed by atoms with Gasteiger partial charge in [0, 0.05) is 86.8 Å². The summed E-state index contributed by atoms with van der Waals surface area (Å²) in [5.41, 5.74) is 6.31. The van der Waals surface area contributed by atoms with Gasteiger partial charge in [0.15, 0.2) is 0 Å². The summed E-state index contributed by atoms with van der Waals surface area (Å²) < 4.78 is 12.4. The van der Waals surface area contributed by atoms with Crippen LogP contribution in [-0.4, -0.2) is 95.9 Å². The lowest BCUT2D eigenvalue weighted by Crippen LogP contribution is -2.51. The molecule has 4 aromatic carbocycles. The van der Waals surface area contributed by atoms with E-state index in [4.69, 9.17) is 9.47 Å². The number of fused-ring (bicyclic) bond motifs is 2. The van der Waals surface area contributed by atoms with Gasteiger partial charge in [-0.3, -0.25) is 39.1 Å². The maximum Gasteiger partial charge on any atom is 0.269 e. The molecule has 1 N–H and O–H groups in total. The Morgan fingerprint density at radius 2 is 1.57 bits per heavy atom. The van der Waals surface area contributed by atoms with Gasteiger partial charge in [-0.1, -0.05) is 49.1 Å². The highest BCUT2D eigenvalue weighted by molar-refractivity contribution is 6.32. The number of carbonyl (C=O) groups is 4. The Hall–Kier alpha value is -6.90. The highest BCUT2D eigenvalue weighted by atomic mass is 16.6. The van der Waals surface area contributed by atoms with Crippen LogP contribution in [0.1, 0.15) is 69.5 Å². The average molecular weight is 849 g/mol. The number of nitro benzene ring substituents is 1. The van der Waals surface area contributed by atoms with Gasteiger partial charge in [-0.05, 0) is 85.0 Å². The number of piperidine rings is 1. The molecular formula is C49H48N6O8. The van der Waals surface area contributed by atoms with E-state index >= 15 is 0 Å². The van der Waals surface area contributed by atoms with Gasteiger partial charge in [0.25, 0.3) is 23.4 Å². The molecule has 1 saturated carbocycles. The van der Waals surface area contributed by atoms with Crippen molar-refractivity contribution < 1.29 is 33.6 Å². The van der Waals surface area contributed by atoms with Gasteiger partial charge in [-0.15, -0.1) is 0 Å². The molecule has 0 spiro atoms. The molecule has 14 heteroatoms. The number of carbonyl (C=O) groups excluding carboxylic acids is 4. The third kappa shape index (κ3) is 8.77. The first-order valence-corrected chi connectivity index (χ1v) is 21.5. The second-order valence-corrected chi connectivity index (χ2v) is 16.6. The number of imide groups is 1. The number of allylic oxidation sites excluding steroid dienone is 3. The molecule has 5 aliphatic rings. The lowest BCUT2D eigenvalue weighted by molar-refractivity contribution is -0.384. The lowest BCUT2D eigenvalue weighted by atomic mass is 9.92. The number of piperazine rings is 1. The van der Waals surface area contributed by atoms with E-state index in [9.17, 15) is 29.3 Å². The lowest BCUT2D eigenvalue weighted by Gasteiger charge is -2.37. The zero-order chi connectivity index (χ0) is 43.6. The molecule has 0 bridgehead atoms. The molecule has 1 atom stereocenters. The van der Waals surface area contributed by atoms with E-state index in [2.05, 4.69) is 21.7 Å². The van der Waals surface area contributed by atoms with Crippen molar-refractivity contribution in [1.82, 2.24) is 15.1 Å². The minimum atomic E-state index is -0.820. The molecular weight excluding hydrogens is 801 g/mol. The van der Waals surface area contributed by atoms with E-state index in [0.717, 1.165) is 90.7 Å². The van der Waals surface area contributed by atoms with Crippen molar-refractivity contribution in [2.75, 3.05) is 49.1 Å². The Balaban J connectivity index is 0.681. The normalized spacial score (nSPS) is 21.8. The van der Waals surface area contributed by atoms with Crippen LogP contribution in [0.4, 0.5) is 17.1 Å². The number of para-hydroxylation sites is 1. The first-order valence-electron chi connectivity index (χ1n) is 21.5. The van der Waals surface area contributed by atoms with Gasteiger partial charge in [0.05, 0.1) is 34.4 Å². The van der Waals surface area contributed by atoms with Gasteiger partial charge in [-0.2, -0.15) is 0 Å². The number of rotatable bonds is 14. The molecule has 0 aromatic heterocycles. The van der Waals surface area contributed by atoms with Gasteiger partial charge < -0.3 is 24.6 Å². The van der Waals surface area contributed by atoms with E-state index in [1.54, 1.807) is 41.3 Å². The largest absolute Gasteiger partial charge is 0.490 e. The minimum Gasteiger partial charge on any atom is -0.490 e. The predicted octanol–water partition coefficient (Wildman–Crippen LogP) is 6.77. The molecule has 322 valence electrons. The van der Waals surface area contributed by atoms with Crippen molar-refractivity contribution in [3.8, 4) is 5.75 Å². The number of non-ortho nitro benzene ring substituents is 1. The maximum atomic E-state index is 13.6. The maximum absolute atomic E-state index is 13.6. The summed E-state index contributed by atoms with van der Waals surface area (Å²) in [4.78, 5) is 70.8. The second kappa shape index (κ2) is 17.8. The molecule has 2 saturated heterocycles. The van der Waals surface area contributed by atoms with Crippen LogP contribution < -0.4 is 19.9 Å². The summed E-state index contributed by atoms with van der Waals surface area (Å²) in [6.07, 6.45) is 9.19. The zero-order valence-corrected chi connectivity index (χ0v) is 34.8. The van der Waals surface area contributed by atoms with Crippen molar-refractivity contribution >= 4 is 52.3 Å². The van der Waals surface area contributed by atoms with Crippen LogP contribution in [0.15, 0.2) is 115 Å². The van der Waals surface area contributed by atoms with Gasteiger partial charge in [-0.25, -0.2) is 0 Å². The number of ether oxygens (including phenoxy) is 2. The number of nitrogens with zero attached hydrogens (tertiary/aromatic N) is 5. The van der Waals surface area contributed by atoms with Gasteiger partial charge in [0.1, 0.15) is 17.9 Å². The van der Waals surface area contributed by atoms with Crippen LogP contribution in [0.25, 0.3) is 11.6 Å². The molecule has 4 aliphatic heterocycles. The Kier molecular flexibility index (Phi) is 11.7. The quantitative estimate of drug-likeness (QED) is 0.0473. The average Bonchev–Trinajstić information content (AvgIpc) is 3.68. The fourth-order valence-corrected chi connectivity index (χ4v) is 8.89. The summed E-state index contributed by atoms with van der Waals surface area (Å²) >= 11 is 0. The van der Waals surface area contributed by atoms with Crippen LogP contribution in [0.5, 0.6) is 5.75 Å². The van der Waals surface area contributed by atoms with Crippen molar-refractivity contribution in [2.45, 2.75) is 56.9 Å². The number of benzene rings is 4. The molecule has 4 amide bonds. The van der Waals surface area contributed by atoms with Crippen molar-refractivity contribution in [1.29, 1.82) is 0 Å². The number of nitrogens with one attached hydrogen (secondary N) is 1. The highest BCUT2D eigenvalue weighted by Gasteiger charge is 2.44. The van der Waals surface area contributed by atoms with E-state index in [1.807, 2.05) is 60.7 Å².